The minimum absolute atomic E-state index is 0.0906. The number of likely N-dealkylation sites (tertiary alicyclic amines) is 1. The van der Waals surface area contributed by atoms with Crippen LogP contribution in [-0.4, -0.2) is 46.4 Å². The second kappa shape index (κ2) is 7.68. The lowest BCUT2D eigenvalue weighted by Crippen LogP contribution is -2.49. The summed E-state index contributed by atoms with van der Waals surface area (Å²) in [5.74, 6) is -0.928. The molecule has 3 atom stereocenters. The molecule has 3 rings (SSSR count). The molecule has 2 fully saturated rings. The Morgan fingerprint density at radius 1 is 1.12 bits per heavy atom. The van der Waals surface area contributed by atoms with Gasteiger partial charge in [0.1, 0.15) is 6.04 Å². The summed E-state index contributed by atoms with van der Waals surface area (Å²) in [7, 11) is 0. The molecule has 2 N–H and O–H groups in total. The van der Waals surface area contributed by atoms with Crippen LogP contribution in [0.5, 0.6) is 0 Å². The Morgan fingerprint density at radius 2 is 1.84 bits per heavy atom. The SMILES string of the molecule is O=C(O)CCNC(=O)[C@@H]1C[C@H]2CCCC[C@H]2N1C(=O)c1ccccc1. The van der Waals surface area contributed by atoms with Gasteiger partial charge in [0, 0.05) is 18.2 Å². The van der Waals surface area contributed by atoms with Gasteiger partial charge < -0.3 is 15.3 Å². The average Bonchev–Trinajstić information content (AvgIpc) is 3.01. The molecule has 2 aliphatic rings. The maximum atomic E-state index is 13.1. The number of fused-ring (bicyclic) bond motifs is 1. The van der Waals surface area contributed by atoms with Gasteiger partial charge in [-0.05, 0) is 37.3 Å². The van der Waals surface area contributed by atoms with Gasteiger partial charge in [0.2, 0.25) is 5.91 Å². The summed E-state index contributed by atoms with van der Waals surface area (Å²) < 4.78 is 0. The number of nitrogens with zero attached hydrogens (tertiary/aromatic N) is 1. The molecule has 0 spiro atoms. The molecule has 1 aromatic carbocycles. The smallest absolute Gasteiger partial charge is 0.305 e. The van der Waals surface area contributed by atoms with Crippen molar-refractivity contribution in [3.8, 4) is 0 Å². The van der Waals surface area contributed by atoms with Crippen molar-refractivity contribution in [3.63, 3.8) is 0 Å². The maximum absolute atomic E-state index is 13.1. The monoisotopic (exact) mass is 344 g/mol. The fourth-order valence-corrected chi connectivity index (χ4v) is 4.13. The van der Waals surface area contributed by atoms with Crippen molar-refractivity contribution in [2.24, 2.45) is 5.92 Å². The van der Waals surface area contributed by atoms with Gasteiger partial charge in [0.05, 0.1) is 6.42 Å². The van der Waals surface area contributed by atoms with Crippen LogP contribution in [0.25, 0.3) is 0 Å². The van der Waals surface area contributed by atoms with E-state index in [0.717, 1.165) is 25.7 Å². The molecule has 1 saturated carbocycles. The third-order valence-electron chi connectivity index (χ3n) is 5.28. The number of carbonyl (C=O) groups excluding carboxylic acids is 2. The van der Waals surface area contributed by atoms with Crippen LogP contribution in [0.15, 0.2) is 30.3 Å². The highest BCUT2D eigenvalue weighted by Gasteiger charge is 2.47. The molecule has 0 unspecified atom stereocenters. The lowest BCUT2D eigenvalue weighted by molar-refractivity contribution is -0.137. The fraction of sp³-hybridized carbons (Fsp3) is 0.526. The van der Waals surface area contributed by atoms with E-state index in [-0.39, 0.29) is 30.8 Å². The van der Waals surface area contributed by atoms with E-state index in [9.17, 15) is 14.4 Å². The molecular weight excluding hydrogens is 320 g/mol. The van der Waals surface area contributed by atoms with Crippen LogP contribution >= 0.6 is 0 Å². The minimum atomic E-state index is -0.947. The number of rotatable bonds is 5. The molecule has 25 heavy (non-hydrogen) atoms. The Labute approximate surface area is 147 Å². The van der Waals surface area contributed by atoms with E-state index in [2.05, 4.69) is 5.32 Å². The van der Waals surface area contributed by atoms with E-state index in [1.807, 2.05) is 18.2 Å². The number of carboxylic acid groups (broad SMARTS) is 1. The number of aliphatic carboxylic acids is 1. The summed E-state index contributed by atoms with van der Waals surface area (Å²) in [4.78, 5) is 38.1. The number of amides is 2. The average molecular weight is 344 g/mol. The van der Waals surface area contributed by atoms with Crippen molar-refractivity contribution < 1.29 is 19.5 Å². The van der Waals surface area contributed by atoms with E-state index in [0.29, 0.717) is 17.9 Å². The largest absolute Gasteiger partial charge is 0.481 e. The van der Waals surface area contributed by atoms with Gasteiger partial charge >= 0.3 is 5.97 Å². The molecule has 1 saturated heterocycles. The Hall–Kier alpha value is -2.37. The van der Waals surface area contributed by atoms with Crippen molar-refractivity contribution in [3.05, 3.63) is 35.9 Å². The van der Waals surface area contributed by atoms with Crippen molar-refractivity contribution in [2.75, 3.05) is 6.54 Å². The molecule has 2 amide bonds. The van der Waals surface area contributed by atoms with Crippen molar-refractivity contribution >= 4 is 17.8 Å². The van der Waals surface area contributed by atoms with Gasteiger partial charge in [-0.15, -0.1) is 0 Å². The normalized spacial score (nSPS) is 25.3. The standard InChI is InChI=1S/C19H24N2O4/c22-17(23)10-11-20-18(24)16-12-14-8-4-5-9-15(14)21(16)19(25)13-6-2-1-3-7-13/h1-3,6-7,14-16H,4-5,8-12H2,(H,20,24)(H,22,23)/t14-,15-,16+/m1/s1. The summed E-state index contributed by atoms with van der Waals surface area (Å²) in [5, 5.41) is 11.4. The van der Waals surface area contributed by atoms with Crippen LogP contribution in [0.1, 0.15) is 48.9 Å². The highest BCUT2D eigenvalue weighted by Crippen LogP contribution is 2.40. The second-order valence-electron chi connectivity index (χ2n) is 6.88. The van der Waals surface area contributed by atoms with E-state index >= 15 is 0 Å². The maximum Gasteiger partial charge on any atom is 0.305 e. The molecule has 0 aromatic heterocycles. The summed E-state index contributed by atoms with van der Waals surface area (Å²) in [6, 6.07) is 8.66. The Morgan fingerprint density at radius 3 is 2.56 bits per heavy atom. The number of carbonyl (C=O) groups is 3. The van der Waals surface area contributed by atoms with Gasteiger partial charge in [-0.1, -0.05) is 31.0 Å². The molecule has 0 bridgehead atoms. The van der Waals surface area contributed by atoms with Gasteiger partial charge in [0.25, 0.3) is 5.91 Å². The van der Waals surface area contributed by atoms with Crippen LogP contribution in [0, 0.1) is 5.92 Å². The zero-order valence-corrected chi connectivity index (χ0v) is 14.2. The molecule has 0 radical (unpaired) electrons. The predicted molar refractivity (Wildman–Crippen MR) is 92.0 cm³/mol. The van der Waals surface area contributed by atoms with E-state index in [1.54, 1.807) is 17.0 Å². The van der Waals surface area contributed by atoms with Gasteiger partial charge in [-0.2, -0.15) is 0 Å². The lowest BCUT2D eigenvalue weighted by atomic mass is 9.84. The molecular formula is C19H24N2O4. The van der Waals surface area contributed by atoms with Crippen molar-refractivity contribution in [2.45, 2.75) is 50.6 Å². The first-order valence-electron chi connectivity index (χ1n) is 8.95. The molecule has 1 aromatic rings. The second-order valence-corrected chi connectivity index (χ2v) is 6.88. The summed E-state index contributed by atoms with van der Waals surface area (Å²) >= 11 is 0. The van der Waals surface area contributed by atoms with Crippen LogP contribution < -0.4 is 5.32 Å². The van der Waals surface area contributed by atoms with Crippen LogP contribution in [0.3, 0.4) is 0 Å². The summed E-state index contributed by atoms with van der Waals surface area (Å²) in [6.07, 6.45) is 4.75. The molecule has 134 valence electrons. The molecule has 1 aliphatic heterocycles. The first-order chi connectivity index (χ1) is 12.1. The zero-order chi connectivity index (χ0) is 17.8. The Kier molecular flexibility index (Phi) is 5.36. The van der Waals surface area contributed by atoms with E-state index in [4.69, 9.17) is 5.11 Å². The minimum Gasteiger partial charge on any atom is -0.481 e. The topological polar surface area (TPSA) is 86.7 Å². The lowest BCUT2D eigenvalue weighted by Gasteiger charge is -2.33. The van der Waals surface area contributed by atoms with Crippen LogP contribution in [0.4, 0.5) is 0 Å². The molecule has 6 heteroatoms. The van der Waals surface area contributed by atoms with Crippen LogP contribution in [-0.2, 0) is 9.59 Å². The van der Waals surface area contributed by atoms with E-state index in [1.165, 1.54) is 0 Å². The quantitative estimate of drug-likeness (QED) is 0.856. The molecule has 1 heterocycles. The van der Waals surface area contributed by atoms with Crippen LogP contribution in [0.2, 0.25) is 0 Å². The van der Waals surface area contributed by atoms with Crippen molar-refractivity contribution in [1.29, 1.82) is 0 Å². The molecule has 1 aliphatic carbocycles. The van der Waals surface area contributed by atoms with Gasteiger partial charge in [0.15, 0.2) is 0 Å². The van der Waals surface area contributed by atoms with Gasteiger partial charge in [-0.25, -0.2) is 0 Å². The number of nitrogens with one attached hydrogen (secondary N) is 1. The zero-order valence-electron chi connectivity index (χ0n) is 14.2. The summed E-state index contributed by atoms with van der Waals surface area (Å²) in [5.41, 5.74) is 0.594. The first-order valence-corrected chi connectivity index (χ1v) is 8.95. The number of hydrogen-bond acceptors (Lipinski definition) is 3. The Bertz CT molecular complexity index is 646. The Balaban J connectivity index is 1.78. The first kappa shape index (κ1) is 17.5. The third-order valence-corrected chi connectivity index (χ3v) is 5.28. The fourth-order valence-electron chi connectivity index (χ4n) is 4.13. The summed E-state index contributed by atoms with van der Waals surface area (Å²) in [6.45, 7) is 0.0906. The third kappa shape index (κ3) is 3.83. The number of benzene rings is 1. The number of hydrogen-bond donors (Lipinski definition) is 2. The predicted octanol–water partition coefficient (Wildman–Crippen LogP) is 2.05. The van der Waals surface area contributed by atoms with E-state index < -0.39 is 12.0 Å². The van der Waals surface area contributed by atoms with Gasteiger partial charge in [-0.3, -0.25) is 14.4 Å². The number of carboxylic acids is 1. The van der Waals surface area contributed by atoms with Crippen molar-refractivity contribution in [1.82, 2.24) is 10.2 Å². The molecule has 6 nitrogen and oxygen atoms in total. The highest BCUT2D eigenvalue weighted by molar-refractivity contribution is 5.98. The highest BCUT2D eigenvalue weighted by atomic mass is 16.4.